The molecule has 158 valence electrons. The monoisotopic (exact) mass is 427 g/mol. The molecule has 8 heteroatoms. The number of rotatable bonds is 8. The van der Waals surface area contributed by atoms with E-state index >= 15 is 0 Å². The Morgan fingerprint density at radius 1 is 1.17 bits per heavy atom. The zero-order valence-electron chi connectivity index (χ0n) is 17.3. The van der Waals surface area contributed by atoms with Gasteiger partial charge in [0.25, 0.3) is 5.91 Å². The molecule has 0 aliphatic rings. The number of hydrogen-bond donors (Lipinski definition) is 1. The molecule has 2 amide bonds. The van der Waals surface area contributed by atoms with Crippen LogP contribution in [0.15, 0.2) is 47.5 Å². The summed E-state index contributed by atoms with van der Waals surface area (Å²) < 4.78 is 13.6. The average molecular weight is 428 g/mol. The molecule has 0 unspecified atom stereocenters. The van der Waals surface area contributed by atoms with Crippen molar-refractivity contribution < 1.29 is 19.1 Å². The largest absolute Gasteiger partial charge is 0.494 e. The van der Waals surface area contributed by atoms with Gasteiger partial charge in [0, 0.05) is 26.3 Å². The topological polar surface area (TPSA) is 81.9 Å². The molecule has 1 heterocycles. The van der Waals surface area contributed by atoms with Gasteiger partial charge >= 0.3 is 0 Å². The first-order valence-electron chi connectivity index (χ1n) is 9.69. The minimum atomic E-state index is -0.223. The van der Waals surface area contributed by atoms with Gasteiger partial charge in [0.1, 0.15) is 5.75 Å². The van der Waals surface area contributed by atoms with Crippen molar-refractivity contribution in [2.75, 3.05) is 25.6 Å². The fourth-order valence-electron chi connectivity index (χ4n) is 3.03. The zero-order chi connectivity index (χ0) is 21.5. The number of amides is 2. The second kappa shape index (κ2) is 10.2. The summed E-state index contributed by atoms with van der Waals surface area (Å²) in [5.41, 5.74) is 2.53. The van der Waals surface area contributed by atoms with Crippen LogP contribution in [-0.4, -0.2) is 36.7 Å². The molecule has 0 radical (unpaired) electrons. The van der Waals surface area contributed by atoms with Crippen molar-refractivity contribution in [3.05, 3.63) is 52.8 Å². The lowest BCUT2D eigenvalue weighted by Crippen LogP contribution is -2.19. The van der Waals surface area contributed by atoms with Crippen molar-refractivity contribution in [1.82, 2.24) is 4.57 Å². The summed E-state index contributed by atoms with van der Waals surface area (Å²) in [6.45, 7) is 5.08. The maximum absolute atomic E-state index is 12.6. The Morgan fingerprint density at radius 3 is 2.60 bits per heavy atom. The van der Waals surface area contributed by atoms with Gasteiger partial charge in [-0.2, -0.15) is 4.99 Å². The van der Waals surface area contributed by atoms with Crippen LogP contribution in [0.25, 0.3) is 10.2 Å². The zero-order valence-corrected chi connectivity index (χ0v) is 18.1. The molecule has 7 nitrogen and oxygen atoms in total. The molecule has 30 heavy (non-hydrogen) atoms. The number of thiazole rings is 1. The van der Waals surface area contributed by atoms with E-state index in [1.54, 1.807) is 7.11 Å². The third-order valence-electron chi connectivity index (χ3n) is 4.33. The standard InChI is InChI=1S/C22H25N3O4S/c1-4-29-18-8-5-16(6-9-18)13-21(27)24-22-25(11-12-28-3)19-10-7-17(23-15(2)26)14-20(19)30-22/h5-10,14H,4,11-13H2,1-3H3,(H,23,26). The van der Waals surface area contributed by atoms with Crippen LogP contribution in [0.1, 0.15) is 19.4 Å². The number of carbonyl (C=O) groups is 2. The number of nitrogens with one attached hydrogen (secondary N) is 1. The van der Waals surface area contributed by atoms with E-state index in [0.717, 1.165) is 21.5 Å². The van der Waals surface area contributed by atoms with Gasteiger partial charge in [-0.1, -0.05) is 23.5 Å². The minimum Gasteiger partial charge on any atom is -0.494 e. The Hall–Kier alpha value is -2.97. The molecule has 0 aliphatic carbocycles. The third-order valence-corrected chi connectivity index (χ3v) is 5.37. The smallest absolute Gasteiger partial charge is 0.252 e. The molecular formula is C22H25N3O4S. The van der Waals surface area contributed by atoms with Gasteiger partial charge in [-0.25, -0.2) is 0 Å². The molecule has 0 fully saturated rings. The first kappa shape index (κ1) is 21.7. The molecule has 1 N–H and O–H groups in total. The molecule has 0 spiro atoms. The molecule has 3 rings (SSSR count). The predicted octanol–water partition coefficient (Wildman–Crippen LogP) is 3.38. The van der Waals surface area contributed by atoms with Gasteiger partial charge in [-0.15, -0.1) is 0 Å². The van der Waals surface area contributed by atoms with Gasteiger partial charge in [0.05, 0.1) is 29.9 Å². The quantitative estimate of drug-likeness (QED) is 0.598. The first-order chi connectivity index (χ1) is 14.5. The minimum absolute atomic E-state index is 0.131. The fourth-order valence-corrected chi connectivity index (χ4v) is 4.14. The number of benzene rings is 2. The highest BCUT2D eigenvalue weighted by Gasteiger charge is 2.10. The maximum Gasteiger partial charge on any atom is 0.252 e. The summed E-state index contributed by atoms with van der Waals surface area (Å²) in [5, 5.41) is 2.78. The molecule has 0 bridgehead atoms. The number of hydrogen-bond acceptors (Lipinski definition) is 5. The van der Waals surface area contributed by atoms with Crippen molar-refractivity contribution in [1.29, 1.82) is 0 Å². The van der Waals surface area contributed by atoms with E-state index in [-0.39, 0.29) is 18.2 Å². The number of anilines is 1. The SMILES string of the molecule is CCOc1ccc(CC(=O)N=c2sc3cc(NC(C)=O)ccc3n2CCOC)cc1. The van der Waals surface area contributed by atoms with Crippen LogP contribution in [0, 0.1) is 0 Å². The van der Waals surface area contributed by atoms with Crippen LogP contribution in [-0.2, 0) is 27.3 Å². The molecule has 0 atom stereocenters. The fraction of sp³-hybridized carbons (Fsp3) is 0.318. The summed E-state index contributed by atoms with van der Waals surface area (Å²) in [7, 11) is 1.64. The number of ether oxygens (including phenoxy) is 2. The average Bonchev–Trinajstić information content (AvgIpc) is 3.03. The lowest BCUT2D eigenvalue weighted by Gasteiger charge is -2.06. The molecule has 0 saturated heterocycles. The summed E-state index contributed by atoms with van der Waals surface area (Å²) in [4.78, 5) is 28.9. The van der Waals surface area contributed by atoms with Gasteiger partial charge in [-0.3, -0.25) is 9.59 Å². The Morgan fingerprint density at radius 2 is 1.93 bits per heavy atom. The highest BCUT2D eigenvalue weighted by molar-refractivity contribution is 7.16. The van der Waals surface area contributed by atoms with Crippen molar-refractivity contribution in [2.24, 2.45) is 4.99 Å². The van der Waals surface area contributed by atoms with Crippen molar-refractivity contribution in [3.8, 4) is 5.75 Å². The van der Waals surface area contributed by atoms with Crippen LogP contribution in [0.4, 0.5) is 5.69 Å². The number of fused-ring (bicyclic) bond motifs is 1. The summed E-state index contributed by atoms with van der Waals surface area (Å²) in [5.74, 6) is 0.426. The van der Waals surface area contributed by atoms with E-state index in [1.807, 2.05) is 54.0 Å². The predicted molar refractivity (Wildman–Crippen MR) is 118 cm³/mol. The Bertz CT molecular complexity index is 1100. The van der Waals surface area contributed by atoms with E-state index in [4.69, 9.17) is 9.47 Å². The third kappa shape index (κ3) is 5.55. The Kier molecular flexibility index (Phi) is 7.37. The number of nitrogens with zero attached hydrogens (tertiary/aromatic N) is 2. The van der Waals surface area contributed by atoms with Crippen LogP contribution in [0.2, 0.25) is 0 Å². The van der Waals surface area contributed by atoms with Crippen LogP contribution < -0.4 is 14.9 Å². The maximum atomic E-state index is 12.6. The molecule has 2 aromatic carbocycles. The molecule has 1 aromatic heterocycles. The van der Waals surface area contributed by atoms with Gasteiger partial charge in [0.15, 0.2) is 4.80 Å². The van der Waals surface area contributed by atoms with Crippen molar-refractivity contribution in [2.45, 2.75) is 26.8 Å². The van der Waals surface area contributed by atoms with Crippen LogP contribution >= 0.6 is 11.3 Å². The van der Waals surface area contributed by atoms with E-state index in [2.05, 4.69) is 10.3 Å². The Labute approximate surface area is 179 Å². The van der Waals surface area contributed by atoms with Gasteiger partial charge in [0.2, 0.25) is 5.91 Å². The highest BCUT2D eigenvalue weighted by Crippen LogP contribution is 2.22. The second-order valence-electron chi connectivity index (χ2n) is 6.65. The van der Waals surface area contributed by atoms with Crippen molar-refractivity contribution >= 4 is 39.1 Å². The van der Waals surface area contributed by atoms with Crippen molar-refractivity contribution in [3.63, 3.8) is 0 Å². The lowest BCUT2D eigenvalue weighted by atomic mass is 10.1. The summed E-state index contributed by atoms with van der Waals surface area (Å²) in [6, 6.07) is 13.1. The molecule has 0 aliphatic heterocycles. The van der Waals surface area contributed by atoms with E-state index in [0.29, 0.717) is 30.2 Å². The number of carbonyl (C=O) groups excluding carboxylic acids is 2. The molecular weight excluding hydrogens is 402 g/mol. The number of methoxy groups -OCH3 is 1. The van der Waals surface area contributed by atoms with E-state index in [9.17, 15) is 9.59 Å². The molecule has 0 saturated carbocycles. The van der Waals surface area contributed by atoms with Crippen LogP contribution in [0.3, 0.4) is 0 Å². The van der Waals surface area contributed by atoms with E-state index in [1.165, 1.54) is 18.3 Å². The van der Waals surface area contributed by atoms with E-state index < -0.39 is 0 Å². The number of aromatic nitrogens is 1. The molecule has 3 aromatic rings. The second-order valence-corrected chi connectivity index (χ2v) is 7.66. The van der Waals surface area contributed by atoms with Gasteiger partial charge in [-0.05, 0) is 42.8 Å². The summed E-state index contributed by atoms with van der Waals surface area (Å²) in [6.07, 6.45) is 0.210. The highest BCUT2D eigenvalue weighted by atomic mass is 32.1. The normalized spacial score (nSPS) is 11.6. The van der Waals surface area contributed by atoms with Crippen LogP contribution in [0.5, 0.6) is 5.75 Å². The Balaban J connectivity index is 1.90. The summed E-state index contributed by atoms with van der Waals surface area (Å²) >= 11 is 1.41. The first-order valence-corrected chi connectivity index (χ1v) is 10.5. The lowest BCUT2D eigenvalue weighted by molar-refractivity contribution is -0.117. The van der Waals surface area contributed by atoms with Gasteiger partial charge < -0.3 is 19.4 Å².